The minimum atomic E-state index is -0.265. The summed E-state index contributed by atoms with van der Waals surface area (Å²) < 4.78 is 13.3. The SMILES string of the molecule is Fc1ccc(-c2cncc3[nH]c(-c4[nH]nc5ncc(-c6cn[nH]c6)cc45)cc23)cc1. The van der Waals surface area contributed by atoms with Crippen LogP contribution in [0.5, 0.6) is 0 Å². The molecule has 1 aromatic carbocycles. The lowest BCUT2D eigenvalue weighted by Gasteiger charge is -2.02. The first-order valence-electron chi connectivity index (χ1n) is 9.32. The van der Waals surface area contributed by atoms with Crippen molar-refractivity contribution in [1.29, 1.82) is 0 Å². The molecule has 30 heavy (non-hydrogen) atoms. The highest BCUT2D eigenvalue weighted by molar-refractivity contribution is 6.00. The molecule has 0 atom stereocenters. The normalized spacial score (nSPS) is 11.5. The number of pyridine rings is 2. The van der Waals surface area contributed by atoms with Crippen molar-refractivity contribution in [3.05, 3.63) is 73.2 Å². The van der Waals surface area contributed by atoms with Gasteiger partial charge in [0.15, 0.2) is 5.65 Å². The molecule has 5 heterocycles. The van der Waals surface area contributed by atoms with Crippen LogP contribution in [0.15, 0.2) is 67.4 Å². The molecule has 6 rings (SSSR count). The predicted octanol–water partition coefficient (Wildman–Crippen LogP) is 4.70. The van der Waals surface area contributed by atoms with Crippen LogP contribution in [0.4, 0.5) is 4.39 Å². The van der Waals surface area contributed by atoms with E-state index in [-0.39, 0.29) is 5.82 Å². The van der Waals surface area contributed by atoms with E-state index in [4.69, 9.17) is 0 Å². The van der Waals surface area contributed by atoms with Crippen LogP contribution in [-0.4, -0.2) is 35.3 Å². The first kappa shape index (κ1) is 16.6. The van der Waals surface area contributed by atoms with E-state index in [9.17, 15) is 4.39 Å². The van der Waals surface area contributed by atoms with E-state index < -0.39 is 0 Å². The molecule has 0 aliphatic heterocycles. The Bertz CT molecular complexity index is 1490. The van der Waals surface area contributed by atoms with Gasteiger partial charge in [0.1, 0.15) is 5.82 Å². The highest BCUT2D eigenvalue weighted by Gasteiger charge is 2.15. The van der Waals surface area contributed by atoms with E-state index in [0.717, 1.165) is 49.9 Å². The Balaban J connectivity index is 1.52. The van der Waals surface area contributed by atoms with Crippen molar-refractivity contribution in [1.82, 2.24) is 35.3 Å². The topological polar surface area (TPSA) is 98.9 Å². The van der Waals surface area contributed by atoms with Crippen LogP contribution < -0.4 is 0 Å². The van der Waals surface area contributed by atoms with E-state index in [2.05, 4.69) is 35.3 Å². The lowest BCUT2D eigenvalue weighted by molar-refractivity contribution is 0.628. The second-order valence-corrected chi connectivity index (χ2v) is 7.02. The summed E-state index contributed by atoms with van der Waals surface area (Å²) in [6.45, 7) is 0. The van der Waals surface area contributed by atoms with E-state index in [1.54, 1.807) is 36.9 Å². The molecule has 0 bridgehead atoms. The molecule has 3 N–H and O–H groups in total. The molecule has 144 valence electrons. The van der Waals surface area contributed by atoms with Gasteiger partial charge in [0, 0.05) is 46.1 Å². The maximum Gasteiger partial charge on any atom is 0.181 e. The van der Waals surface area contributed by atoms with Gasteiger partial charge in [-0.15, -0.1) is 0 Å². The number of hydrogen-bond acceptors (Lipinski definition) is 4. The summed E-state index contributed by atoms with van der Waals surface area (Å²) >= 11 is 0. The van der Waals surface area contributed by atoms with Gasteiger partial charge in [-0.1, -0.05) is 12.1 Å². The molecule has 0 fully saturated rings. The molecular weight excluding hydrogens is 381 g/mol. The van der Waals surface area contributed by atoms with E-state index in [1.807, 2.05) is 18.3 Å². The number of nitrogens with one attached hydrogen (secondary N) is 3. The number of rotatable bonds is 3. The van der Waals surface area contributed by atoms with Gasteiger partial charge in [-0.3, -0.25) is 15.2 Å². The quantitative estimate of drug-likeness (QED) is 0.404. The van der Waals surface area contributed by atoms with Crippen LogP contribution in [0.25, 0.3) is 55.6 Å². The largest absolute Gasteiger partial charge is 0.352 e. The van der Waals surface area contributed by atoms with E-state index in [0.29, 0.717) is 5.65 Å². The Labute approximate surface area is 169 Å². The molecule has 0 saturated heterocycles. The number of hydrogen-bond donors (Lipinski definition) is 3. The van der Waals surface area contributed by atoms with Crippen LogP contribution in [0.1, 0.15) is 0 Å². The summed E-state index contributed by atoms with van der Waals surface area (Å²) in [7, 11) is 0. The minimum absolute atomic E-state index is 0.265. The van der Waals surface area contributed by atoms with Gasteiger partial charge < -0.3 is 4.98 Å². The third-order valence-electron chi connectivity index (χ3n) is 5.21. The monoisotopic (exact) mass is 395 g/mol. The third-order valence-corrected chi connectivity index (χ3v) is 5.21. The summed E-state index contributed by atoms with van der Waals surface area (Å²) in [4.78, 5) is 12.2. The lowest BCUT2D eigenvalue weighted by Crippen LogP contribution is -1.82. The van der Waals surface area contributed by atoms with Crippen molar-refractivity contribution >= 4 is 21.9 Å². The number of aromatic nitrogens is 7. The average molecular weight is 395 g/mol. The number of H-pyrrole nitrogens is 3. The van der Waals surface area contributed by atoms with E-state index >= 15 is 0 Å². The highest BCUT2D eigenvalue weighted by Crippen LogP contribution is 2.34. The van der Waals surface area contributed by atoms with Crippen LogP contribution >= 0.6 is 0 Å². The van der Waals surface area contributed by atoms with Crippen molar-refractivity contribution in [2.24, 2.45) is 0 Å². The molecule has 0 saturated carbocycles. The Morgan fingerprint density at radius 1 is 0.833 bits per heavy atom. The molecule has 0 spiro atoms. The van der Waals surface area contributed by atoms with Crippen LogP contribution in [0, 0.1) is 5.82 Å². The van der Waals surface area contributed by atoms with Crippen molar-refractivity contribution in [3.8, 4) is 33.6 Å². The molecule has 0 aliphatic carbocycles. The minimum Gasteiger partial charge on any atom is -0.352 e. The number of benzene rings is 1. The maximum atomic E-state index is 13.3. The Morgan fingerprint density at radius 3 is 2.57 bits per heavy atom. The predicted molar refractivity (Wildman–Crippen MR) is 112 cm³/mol. The summed E-state index contributed by atoms with van der Waals surface area (Å²) in [6, 6.07) is 10.5. The van der Waals surface area contributed by atoms with Crippen LogP contribution in [0.3, 0.4) is 0 Å². The van der Waals surface area contributed by atoms with Gasteiger partial charge in [-0.25, -0.2) is 9.37 Å². The van der Waals surface area contributed by atoms with Crippen molar-refractivity contribution in [2.45, 2.75) is 0 Å². The number of halogens is 1. The zero-order valence-corrected chi connectivity index (χ0v) is 15.5. The molecule has 6 aromatic rings. The highest BCUT2D eigenvalue weighted by atomic mass is 19.1. The smallest absolute Gasteiger partial charge is 0.181 e. The first-order chi connectivity index (χ1) is 14.8. The second-order valence-electron chi connectivity index (χ2n) is 7.02. The van der Waals surface area contributed by atoms with Gasteiger partial charge in [-0.2, -0.15) is 10.2 Å². The first-order valence-corrected chi connectivity index (χ1v) is 9.32. The lowest BCUT2D eigenvalue weighted by atomic mass is 10.0. The molecule has 7 nitrogen and oxygen atoms in total. The fourth-order valence-electron chi connectivity index (χ4n) is 3.72. The van der Waals surface area contributed by atoms with Crippen molar-refractivity contribution < 1.29 is 4.39 Å². The second kappa shape index (κ2) is 6.35. The third kappa shape index (κ3) is 2.58. The number of fused-ring (bicyclic) bond motifs is 2. The maximum absolute atomic E-state index is 13.3. The van der Waals surface area contributed by atoms with Crippen LogP contribution in [-0.2, 0) is 0 Å². The summed E-state index contributed by atoms with van der Waals surface area (Å²) in [5.41, 5.74) is 6.95. The zero-order chi connectivity index (χ0) is 20.1. The van der Waals surface area contributed by atoms with Crippen LogP contribution in [0.2, 0.25) is 0 Å². The van der Waals surface area contributed by atoms with E-state index in [1.165, 1.54) is 12.1 Å². The molecule has 8 heteroatoms. The van der Waals surface area contributed by atoms with Gasteiger partial charge >= 0.3 is 0 Å². The standard InChI is InChI=1S/C22H14FN7/c23-15-3-1-12(2-4-15)18-10-24-11-20-16(18)6-19(28-20)21-17-5-13(14-8-26-27-9-14)7-25-22(17)30-29-21/h1-11,28H,(H,26,27)(H,25,29,30). The van der Waals surface area contributed by atoms with Crippen molar-refractivity contribution in [2.75, 3.05) is 0 Å². The zero-order valence-electron chi connectivity index (χ0n) is 15.5. The summed E-state index contributed by atoms with van der Waals surface area (Å²) in [5.74, 6) is -0.265. The fourth-order valence-corrected chi connectivity index (χ4v) is 3.72. The molecule has 0 radical (unpaired) electrons. The molecular formula is C22H14FN7. The molecule has 0 unspecified atom stereocenters. The van der Waals surface area contributed by atoms with Gasteiger partial charge in [0.25, 0.3) is 0 Å². The Morgan fingerprint density at radius 2 is 1.73 bits per heavy atom. The fraction of sp³-hybridized carbons (Fsp3) is 0. The van der Waals surface area contributed by atoms with Gasteiger partial charge in [0.2, 0.25) is 0 Å². The summed E-state index contributed by atoms with van der Waals surface area (Å²) in [5, 5.41) is 16.2. The molecule has 0 amide bonds. The summed E-state index contributed by atoms with van der Waals surface area (Å²) in [6.07, 6.45) is 8.92. The average Bonchev–Trinajstić information content (AvgIpc) is 3.52. The Kier molecular flexibility index (Phi) is 3.51. The number of nitrogens with zero attached hydrogens (tertiary/aromatic N) is 4. The van der Waals surface area contributed by atoms with Gasteiger partial charge in [0.05, 0.1) is 29.3 Å². The number of aromatic amines is 3. The Hall–Kier alpha value is -4.33. The van der Waals surface area contributed by atoms with Crippen molar-refractivity contribution in [3.63, 3.8) is 0 Å². The molecule has 5 aromatic heterocycles. The molecule has 0 aliphatic rings. The van der Waals surface area contributed by atoms with Gasteiger partial charge in [-0.05, 0) is 29.8 Å².